The third-order valence-electron chi connectivity index (χ3n) is 7.25. The van der Waals surface area contributed by atoms with Crippen LogP contribution in [0, 0.1) is 0 Å². The zero-order chi connectivity index (χ0) is 37.4. The second-order valence-corrected chi connectivity index (χ2v) is 16.6. The predicted molar refractivity (Wildman–Crippen MR) is 175 cm³/mol. The molecule has 0 radical (unpaired) electrons. The Morgan fingerprint density at radius 3 is 1.02 bits per heavy atom. The van der Waals surface area contributed by atoms with Crippen LogP contribution >= 0.6 is 0 Å². The first-order chi connectivity index (χ1) is 22.9. The summed E-state index contributed by atoms with van der Waals surface area (Å²) < 4.78 is 131. The molecule has 0 aromatic heterocycles. The molecule has 4 rings (SSSR count). The Morgan fingerprint density at radius 2 is 0.740 bits per heavy atom. The molecule has 0 aliphatic heterocycles. The Hall–Kier alpha value is -4.42. The van der Waals surface area contributed by atoms with E-state index in [0.29, 0.717) is 25.0 Å². The van der Waals surface area contributed by atoms with Gasteiger partial charge in [-0.05, 0) is 60.0 Å². The molecule has 270 valence electrons. The van der Waals surface area contributed by atoms with Crippen molar-refractivity contribution in [3.8, 4) is 11.5 Å². The van der Waals surface area contributed by atoms with Gasteiger partial charge in [0.1, 0.15) is 11.5 Å². The van der Waals surface area contributed by atoms with Gasteiger partial charge >= 0.3 is 0 Å². The number of carbonyl (C=O) groups is 2. The number of fused-ring (bicyclic) bond motifs is 2. The van der Waals surface area contributed by atoms with Crippen LogP contribution in [-0.4, -0.2) is 73.9 Å². The molecule has 50 heavy (non-hydrogen) atoms. The monoisotopic (exact) mass is 776 g/mol. The average molecular weight is 777 g/mol. The molecular weight excluding hydrogens is 749 g/mol. The molecule has 0 saturated carbocycles. The summed E-state index contributed by atoms with van der Waals surface area (Å²) in [6.07, 6.45) is 1.05. The molecule has 22 heteroatoms. The number of phenols is 2. The van der Waals surface area contributed by atoms with E-state index in [4.69, 9.17) is 0 Å². The molecule has 0 unspecified atom stereocenters. The topological polar surface area (TPSA) is 316 Å². The highest BCUT2D eigenvalue weighted by Gasteiger charge is 2.22. The van der Waals surface area contributed by atoms with E-state index < -0.39 is 83.4 Å². The van der Waals surface area contributed by atoms with Crippen molar-refractivity contribution in [2.45, 2.75) is 58.1 Å². The first-order valence-corrected chi connectivity index (χ1v) is 19.8. The summed E-state index contributed by atoms with van der Waals surface area (Å²) in [6.45, 7) is 0. The van der Waals surface area contributed by atoms with Crippen LogP contribution in [0.1, 0.15) is 38.5 Å². The zero-order valence-corrected chi connectivity index (χ0v) is 28.5. The van der Waals surface area contributed by atoms with E-state index in [9.17, 15) is 71.7 Å². The number of hydrogen-bond acceptors (Lipinski definition) is 12. The van der Waals surface area contributed by atoms with E-state index in [2.05, 4.69) is 10.6 Å². The Kier molecular flexibility index (Phi) is 10.8. The van der Waals surface area contributed by atoms with E-state index in [0.717, 1.165) is 36.4 Å². The molecule has 0 bridgehead atoms. The maximum atomic E-state index is 12.7. The van der Waals surface area contributed by atoms with Gasteiger partial charge in [0, 0.05) is 35.7 Å². The van der Waals surface area contributed by atoms with Gasteiger partial charge in [-0.25, -0.2) is 0 Å². The van der Waals surface area contributed by atoms with Crippen LogP contribution in [0.2, 0.25) is 0 Å². The lowest BCUT2D eigenvalue weighted by Gasteiger charge is -2.13. The largest absolute Gasteiger partial charge is 0.507 e. The Balaban J connectivity index is 1.39. The number of nitrogens with one attached hydrogen (secondary N) is 2. The molecule has 0 fully saturated rings. The number of amides is 2. The molecule has 0 heterocycles. The summed E-state index contributed by atoms with van der Waals surface area (Å²) in [7, 11) is -19.3. The molecule has 0 atom stereocenters. The summed E-state index contributed by atoms with van der Waals surface area (Å²) in [5.74, 6) is -2.75. The fourth-order valence-electron chi connectivity index (χ4n) is 5.02. The molecule has 0 aliphatic rings. The summed E-state index contributed by atoms with van der Waals surface area (Å²) in [5.41, 5.74) is -0.552. The fraction of sp³-hybridized carbons (Fsp3) is 0.214. The molecule has 0 saturated heterocycles. The second-order valence-electron chi connectivity index (χ2n) is 10.9. The second kappa shape index (κ2) is 14.1. The van der Waals surface area contributed by atoms with Crippen LogP contribution in [0.15, 0.2) is 68.1 Å². The number of rotatable bonds is 13. The fourth-order valence-corrected chi connectivity index (χ4v) is 7.18. The normalized spacial score (nSPS) is 12.6. The minimum atomic E-state index is -4.86. The third-order valence-corrected chi connectivity index (χ3v) is 10.6. The van der Waals surface area contributed by atoms with Crippen LogP contribution in [0.25, 0.3) is 21.5 Å². The average Bonchev–Trinajstić information content (AvgIpc) is 2.96. The molecule has 2 amide bonds. The smallest absolute Gasteiger partial charge is 0.294 e. The SMILES string of the molecule is O=C(CCCCCCC(=O)Nc1cc(S(=O)(=O)O)cc2cc(S(=O)(=O)O)cc(O)c12)Nc1cc(S(=O)(=O)O)cc2cc(S(=O)(=O)O)cc(O)c12. The van der Waals surface area contributed by atoms with Gasteiger partial charge in [-0.3, -0.25) is 27.8 Å². The molecule has 18 nitrogen and oxygen atoms in total. The number of anilines is 2. The maximum absolute atomic E-state index is 12.7. The quantitative estimate of drug-likeness (QED) is 0.0713. The Labute approximate surface area is 284 Å². The molecule has 0 spiro atoms. The number of unbranched alkanes of at least 4 members (excludes halogenated alkanes) is 3. The first kappa shape index (κ1) is 38.4. The maximum Gasteiger partial charge on any atom is 0.294 e. The number of phenolic OH excluding ortho intramolecular Hbond substituents is 2. The van der Waals surface area contributed by atoms with Crippen LogP contribution in [0.4, 0.5) is 11.4 Å². The Morgan fingerprint density at radius 1 is 0.460 bits per heavy atom. The number of carbonyl (C=O) groups excluding carboxylic acids is 2. The number of hydrogen-bond donors (Lipinski definition) is 8. The molecule has 4 aromatic carbocycles. The first-order valence-electron chi connectivity index (χ1n) is 14.1. The molecule has 4 aromatic rings. The lowest BCUT2D eigenvalue weighted by Crippen LogP contribution is -2.13. The van der Waals surface area contributed by atoms with Crippen LogP contribution in [0.5, 0.6) is 11.5 Å². The lowest BCUT2D eigenvalue weighted by atomic mass is 10.1. The predicted octanol–water partition coefficient (Wildman–Crippen LogP) is 3.31. The summed E-state index contributed by atoms with van der Waals surface area (Å²) in [4.78, 5) is 22.3. The summed E-state index contributed by atoms with van der Waals surface area (Å²) in [5, 5.41) is 24.8. The van der Waals surface area contributed by atoms with Crippen molar-refractivity contribution < 1.29 is 71.7 Å². The van der Waals surface area contributed by atoms with Crippen LogP contribution < -0.4 is 10.6 Å². The highest BCUT2D eigenvalue weighted by molar-refractivity contribution is 7.86. The number of aromatic hydroxyl groups is 2. The number of benzene rings is 4. The van der Waals surface area contributed by atoms with Crippen molar-refractivity contribution in [3.05, 3.63) is 48.5 Å². The minimum Gasteiger partial charge on any atom is -0.507 e. The van der Waals surface area contributed by atoms with Crippen molar-refractivity contribution in [1.29, 1.82) is 0 Å². The van der Waals surface area contributed by atoms with Gasteiger partial charge < -0.3 is 20.8 Å². The molecule has 0 aliphatic carbocycles. The lowest BCUT2D eigenvalue weighted by molar-refractivity contribution is -0.117. The standard InChI is InChI=1S/C28H28N2O16S4/c31-23-13-19(49(41,42)43)9-15-7-17(47(35,36)37)11-21(27(15)23)29-25(33)5-3-1-2-4-6-26(34)30-22-12-18(48(38,39)40)8-16-10-20(50(44,45)46)14-24(32)28(16)22/h7-14,31-32H,1-6H2,(H,29,33)(H,30,34)(H,35,36,37)(H,38,39,40)(H,41,42,43)(H,44,45,46). The van der Waals surface area contributed by atoms with Gasteiger partial charge in [0.15, 0.2) is 0 Å². The molecule has 8 N–H and O–H groups in total. The van der Waals surface area contributed by atoms with E-state index in [1.54, 1.807) is 0 Å². The highest BCUT2D eigenvalue weighted by atomic mass is 32.2. The minimum absolute atomic E-state index is 0.132. The third kappa shape index (κ3) is 9.22. The van der Waals surface area contributed by atoms with Gasteiger partial charge in [0.25, 0.3) is 40.5 Å². The highest BCUT2D eigenvalue weighted by Crippen LogP contribution is 2.38. The van der Waals surface area contributed by atoms with Crippen molar-refractivity contribution in [3.63, 3.8) is 0 Å². The van der Waals surface area contributed by atoms with E-state index in [-0.39, 0.29) is 58.6 Å². The van der Waals surface area contributed by atoms with Gasteiger partial charge in [-0.2, -0.15) is 33.7 Å². The zero-order valence-electron chi connectivity index (χ0n) is 25.3. The van der Waals surface area contributed by atoms with Gasteiger partial charge in [-0.15, -0.1) is 0 Å². The van der Waals surface area contributed by atoms with E-state index in [1.807, 2.05) is 0 Å². The van der Waals surface area contributed by atoms with Crippen LogP contribution in [-0.2, 0) is 50.1 Å². The van der Waals surface area contributed by atoms with Crippen molar-refractivity contribution in [1.82, 2.24) is 0 Å². The van der Waals surface area contributed by atoms with E-state index >= 15 is 0 Å². The Bertz CT molecular complexity index is 2310. The van der Waals surface area contributed by atoms with Crippen LogP contribution in [0.3, 0.4) is 0 Å². The van der Waals surface area contributed by atoms with E-state index in [1.165, 1.54) is 0 Å². The van der Waals surface area contributed by atoms with Crippen molar-refractivity contribution in [2.75, 3.05) is 10.6 Å². The summed E-state index contributed by atoms with van der Waals surface area (Å²) >= 11 is 0. The van der Waals surface area contributed by atoms with Gasteiger partial charge in [0.2, 0.25) is 11.8 Å². The van der Waals surface area contributed by atoms with Crippen molar-refractivity contribution in [2.24, 2.45) is 0 Å². The van der Waals surface area contributed by atoms with Gasteiger partial charge in [0.05, 0.1) is 31.0 Å². The van der Waals surface area contributed by atoms with Gasteiger partial charge in [-0.1, -0.05) is 12.8 Å². The summed E-state index contributed by atoms with van der Waals surface area (Å²) in [6, 6.07) is 6.41. The molecular formula is C28H28N2O16S4. The van der Waals surface area contributed by atoms with Crippen molar-refractivity contribution >= 4 is 85.2 Å².